The summed E-state index contributed by atoms with van der Waals surface area (Å²) in [6, 6.07) is 13.6. The number of hydrogen-bond acceptors (Lipinski definition) is 4. The Morgan fingerprint density at radius 3 is 2.00 bits per heavy atom. The van der Waals surface area contributed by atoms with E-state index >= 15 is 0 Å². The molecule has 2 aromatic rings. The summed E-state index contributed by atoms with van der Waals surface area (Å²) in [6.45, 7) is 4.47. The summed E-state index contributed by atoms with van der Waals surface area (Å²) in [5.74, 6) is 1.36. The normalized spacial score (nSPS) is 10.4. The first-order valence-electron chi connectivity index (χ1n) is 7.68. The molecule has 0 atom stereocenters. The third-order valence-electron chi connectivity index (χ3n) is 3.20. The van der Waals surface area contributed by atoms with Gasteiger partial charge in [-0.15, -0.1) is 0 Å². The smallest absolute Gasteiger partial charge is 0.294 e. The van der Waals surface area contributed by atoms with Crippen LogP contribution in [0, 0.1) is 12.3 Å². The summed E-state index contributed by atoms with van der Waals surface area (Å²) in [4.78, 5) is 1.71. The van der Waals surface area contributed by atoms with Crippen LogP contribution < -0.4 is 4.74 Å². The first kappa shape index (κ1) is 20.7. The second-order valence-electron chi connectivity index (χ2n) is 5.49. The number of nitrogens with one attached hydrogen (secondary N) is 1. The molecule has 6 nitrogen and oxygen atoms in total. The van der Waals surface area contributed by atoms with E-state index < -0.39 is 10.1 Å². The van der Waals surface area contributed by atoms with Crippen molar-refractivity contribution in [2.24, 2.45) is 0 Å². The van der Waals surface area contributed by atoms with Crippen molar-refractivity contribution in [1.29, 1.82) is 5.41 Å². The Kier molecular flexibility index (Phi) is 7.60. The van der Waals surface area contributed by atoms with Crippen LogP contribution in [0.1, 0.15) is 18.1 Å². The Morgan fingerprint density at radius 1 is 1.08 bits per heavy atom. The molecule has 136 valence electrons. The molecular formula is C18H24N2O4S. The van der Waals surface area contributed by atoms with Crippen LogP contribution in [0.3, 0.4) is 0 Å². The topological polar surface area (TPSA) is 90.7 Å². The highest BCUT2D eigenvalue weighted by Gasteiger charge is 2.06. The van der Waals surface area contributed by atoms with Crippen LogP contribution >= 0.6 is 0 Å². The van der Waals surface area contributed by atoms with Crippen molar-refractivity contribution in [2.75, 3.05) is 20.7 Å². The first-order chi connectivity index (χ1) is 11.6. The fourth-order valence-corrected chi connectivity index (χ4v) is 2.32. The number of aryl methyl sites for hydroxylation is 1. The van der Waals surface area contributed by atoms with Crippen molar-refractivity contribution in [3.8, 4) is 5.75 Å². The molecule has 0 aromatic heterocycles. The Bertz CT molecular complexity index is 783. The van der Waals surface area contributed by atoms with Crippen molar-refractivity contribution >= 4 is 16.0 Å². The van der Waals surface area contributed by atoms with Crippen LogP contribution in [-0.4, -0.2) is 44.4 Å². The zero-order valence-corrected chi connectivity index (χ0v) is 15.7. The molecular weight excluding hydrogens is 340 g/mol. The molecule has 2 aromatic carbocycles. The Hall–Kier alpha value is -2.38. The van der Waals surface area contributed by atoms with Gasteiger partial charge in [0, 0.05) is 19.7 Å². The third kappa shape index (κ3) is 6.94. The van der Waals surface area contributed by atoms with Gasteiger partial charge in [-0.1, -0.05) is 17.7 Å². The maximum Gasteiger partial charge on any atom is 0.294 e. The average molecular weight is 364 g/mol. The van der Waals surface area contributed by atoms with Gasteiger partial charge >= 0.3 is 0 Å². The van der Waals surface area contributed by atoms with Gasteiger partial charge < -0.3 is 9.64 Å². The van der Waals surface area contributed by atoms with E-state index in [4.69, 9.17) is 14.7 Å². The lowest BCUT2D eigenvalue weighted by molar-refractivity contribution is 0.340. The summed E-state index contributed by atoms with van der Waals surface area (Å²) in [7, 11) is -0.300. The molecule has 0 unspecified atom stereocenters. The van der Waals surface area contributed by atoms with E-state index in [0.29, 0.717) is 12.4 Å². The Labute approximate surface area is 149 Å². The van der Waals surface area contributed by atoms with Crippen LogP contribution in [0.15, 0.2) is 53.4 Å². The van der Waals surface area contributed by atoms with E-state index in [9.17, 15) is 8.42 Å². The predicted octanol–water partition coefficient (Wildman–Crippen LogP) is 3.21. The summed E-state index contributed by atoms with van der Waals surface area (Å²) >= 11 is 0. The number of hydrogen-bond donors (Lipinski definition) is 2. The highest BCUT2D eigenvalue weighted by atomic mass is 32.2. The summed E-state index contributed by atoms with van der Waals surface area (Å²) in [6.07, 6.45) is 0. The maximum absolute atomic E-state index is 10.5. The molecule has 0 radical (unpaired) electrons. The molecule has 0 aliphatic carbocycles. The molecule has 0 amide bonds. The number of nitrogens with zero attached hydrogens (tertiary/aromatic N) is 1. The van der Waals surface area contributed by atoms with E-state index in [-0.39, 0.29) is 4.90 Å². The first-order valence-corrected chi connectivity index (χ1v) is 9.12. The van der Waals surface area contributed by atoms with Crippen molar-refractivity contribution in [3.05, 3.63) is 59.7 Å². The second-order valence-corrected chi connectivity index (χ2v) is 6.91. The van der Waals surface area contributed by atoms with Gasteiger partial charge in [0.1, 0.15) is 11.6 Å². The van der Waals surface area contributed by atoms with Gasteiger partial charge in [0.25, 0.3) is 10.1 Å². The molecule has 0 fully saturated rings. The van der Waals surface area contributed by atoms with Gasteiger partial charge in [0.15, 0.2) is 0 Å². The van der Waals surface area contributed by atoms with Crippen LogP contribution in [0.2, 0.25) is 0 Å². The fourth-order valence-electron chi connectivity index (χ4n) is 1.84. The number of ether oxygens (including phenoxy) is 1. The molecule has 0 aliphatic rings. The highest BCUT2D eigenvalue weighted by Crippen LogP contribution is 2.12. The number of benzene rings is 2. The number of amidine groups is 1. The van der Waals surface area contributed by atoms with E-state index in [1.807, 2.05) is 52.2 Å². The van der Waals surface area contributed by atoms with E-state index in [1.165, 1.54) is 12.1 Å². The molecule has 0 spiro atoms. The molecule has 25 heavy (non-hydrogen) atoms. The van der Waals surface area contributed by atoms with Crippen molar-refractivity contribution in [3.63, 3.8) is 0 Å². The van der Waals surface area contributed by atoms with Crippen LogP contribution in [0.5, 0.6) is 5.75 Å². The lowest BCUT2D eigenvalue weighted by Crippen LogP contribution is -2.21. The van der Waals surface area contributed by atoms with Gasteiger partial charge in [-0.3, -0.25) is 9.96 Å². The minimum atomic E-state index is -4.02. The van der Waals surface area contributed by atoms with E-state index in [0.717, 1.165) is 16.9 Å². The van der Waals surface area contributed by atoms with Crippen LogP contribution in [0.4, 0.5) is 0 Å². The molecule has 0 aliphatic heterocycles. The summed E-state index contributed by atoms with van der Waals surface area (Å²) in [5.41, 5.74) is 1.86. The highest BCUT2D eigenvalue weighted by molar-refractivity contribution is 7.85. The molecule has 0 saturated carbocycles. The van der Waals surface area contributed by atoms with E-state index in [2.05, 4.69) is 0 Å². The van der Waals surface area contributed by atoms with E-state index in [1.54, 1.807) is 17.0 Å². The van der Waals surface area contributed by atoms with Crippen molar-refractivity contribution in [1.82, 2.24) is 4.90 Å². The van der Waals surface area contributed by atoms with Crippen molar-refractivity contribution in [2.45, 2.75) is 18.7 Å². The molecule has 2 N–H and O–H groups in total. The van der Waals surface area contributed by atoms with Gasteiger partial charge in [0.2, 0.25) is 0 Å². The van der Waals surface area contributed by atoms with Crippen LogP contribution in [0.25, 0.3) is 0 Å². The fraction of sp³-hybridized carbons (Fsp3) is 0.278. The lowest BCUT2D eigenvalue weighted by atomic mass is 10.2. The lowest BCUT2D eigenvalue weighted by Gasteiger charge is -2.13. The average Bonchev–Trinajstić information content (AvgIpc) is 2.55. The third-order valence-corrected chi connectivity index (χ3v) is 4.07. The van der Waals surface area contributed by atoms with Gasteiger partial charge in [0.05, 0.1) is 11.5 Å². The molecule has 7 heteroatoms. The SMILES string of the molecule is CCOc1ccc(C(=N)N(C)C)cc1.Cc1ccc(S(=O)(=O)O)cc1. The van der Waals surface area contributed by atoms with Crippen LogP contribution in [-0.2, 0) is 10.1 Å². The molecule has 0 saturated heterocycles. The largest absolute Gasteiger partial charge is 0.494 e. The monoisotopic (exact) mass is 364 g/mol. The minimum absolute atomic E-state index is 0.0666. The Balaban J connectivity index is 0.000000257. The minimum Gasteiger partial charge on any atom is -0.494 e. The quantitative estimate of drug-likeness (QED) is 0.494. The molecule has 0 heterocycles. The predicted molar refractivity (Wildman–Crippen MR) is 99.1 cm³/mol. The summed E-state index contributed by atoms with van der Waals surface area (Å²) in [5, 5.41) is 7.74. The maximum atomic E-state index is 10.5. The zero-order chi connectivity index (χ0) is 19.0. The standard InChI is InChI=1S/C11H16N2O.C7H8O3S/c1-4-14-10-7-5-9(6-8-10)11(12)13(2)3;1-6-2-4-7(5-3-6)11(8,9)10/h5-8,12H,4H2,1-3H3;2-5H,1H3,(H,8,9,10). The zero-order valence-electron chi connectivity index (χ0n) is 14.9. The molecule has 2 rings (SSSR count). The second kappa shape index (κ2) is 9.19. The van der Waals surface area contributed by atoms with Crippen molar-refractivity contribution < 1.29 is 17.7 Å². The van der Waals surface area contributed by atoms with Gasteiger partial charge in [-0.25, -0.2) is 0 Å². The number of rotatable bonds is 4. The van der Waals surface area contributed by atoms with Gasteiger partial charge in [-0.05, 0) is 50.2 Å². The molecule has 0 bridgehead atoms. The van der Waals surface area contributed by atoms with Gasteiger partial charge in [-0.2, -0.15) is 8.42 Å². The Morgan fingerprint density at radius 2 is 1.60 bits per heavy atom. The summed E-state index contributed by atoms with van der Waals surface area (Å²) < 4.78 is 34.9.